The van der Waals surface area contributed by atoms with Gasteiger partial charge in [0.25, 0.3) is 11.8 Å². The molecular weight excluding hydrogens is 326 g/mol. The predicted molar refractivity (Wildman–Crippen MR) is 87.0 cm³/mol. The van der Waals surface area contributed by atoms with Crippen LogP contribution in [0.1, 0.15) is 33.6 Å². The Hall–Kier alpha value is -2.90. The summed E-state index contributed by atoms with van der Waals surface area (Å²) in [5, 5.41) is 2.72. The van der Waals surface area contributed by atoms with Gasteiger partial charge in [-0.05, 0) is 18.6 Å². The third kappa shape index (κ3) is 3.62. The van der Waals surface area contributed by atoms with Crippen molar-refractivity contribution >= 4 is 23.8 Å². The Kier molecular flexibility index (Phi) is 4.97. The molecule has 1 fully saturated rings. The van der Waals surface area contributed by atoms with Crippen LogP contribution in [0.25, 0.3) is 0 Å². The van der Waals surface area contributed by atoms with Crippen molar-refractivity contribution in [1.29, 1.82) is 0 Å². The third-order valence-electron chi connectivity index (χ3n) is 4.21. The summed E-state index contributed by atoms with van der Waals surface area (Å²) in [4.78, 5) is 50.1. The van der Waals surface area contributed by atoms with Crippen molar-refractivity contribution < 1.29 is 23.9 Å². The van der Waals surface area contributed by atoms with E-state index < -0.39 is 0 Å². The fourth-order valence-corrected chi connectivity index (χ4v) is 2.89. The van der Waals surface area contributed by atoms with Gasteiger partial charge in [0.1, 0.15) is 6.61 Å². The summed E-state index contributed by atoms with van der Waals surface area (Å²) >= 11 is 0. The first kappa shape index (κ1) is 16.9. The topological polar surface area (TPSA) is 96.0 Å². The molecule has 25 heavy (non-hydrogen) atoms. The second kappa shape index (κ2) is 7.33. The lowest BCUT2D eigenvalue weighted by Gasteiger charge is -2.14. The highest BCUT2D eigenvalue weighted by Crippen LogP contribution is 2.22. The molecule has 8 nitrogen and oxygen atoms in total. The van der Waals surface area contributed by atoms with E-state index in [1.807, 2.05) is 0 Å². The van der Waals surface area contributed by atoms with Gasteiger partial charge in [-0.1, -0.05) is 12.1 Å². The van der Waals surface area contributed by atoms with Gasteiger partial charge >= 0.3 is 6.09 Å². The molecule has 1 aromatic rings. The van der Waals surface area contributed by atoms with E-state index in [-0.39, 0.29) is 36.8 Å². The van der Waals surface area contributed by atoms with Gasteiger partial charge in [0.2, 0.25) is 5.91 Å². The van der Waals surface area contributed by atoms with E-state index in [1.165, 1.54) is 9.80 Å². The zero-order valence-corrected chi connectivity index (χ0v) is 13.7. The number of fused-ring (bicyclic) bond motifs is 1. The number of nitrogens with one attached hydrogen (secondary N) is 1. The van der Waals surface area contributed by atoms with E-state index in [9.17, 15) is 19.2 Å². The average molecular weight is 345 g/mol. The number of imide groups is 1. The van der Waals surface area contributed by atoms with E-state index in [2.05, 4.69) is 5.32 Å². The lowest BCUT2D eigenvalue weighted by atomic mass is 10.1. The largest absolute Gasteiger partial charge is 0.448 e. The van der Waals surface area contributed by atoms with Gasteiger partial charge in [-0.15, -0.1) is 0 Å². The average Bonchev–Trinajstić information content (AvgIpc) is 3.12. The zero-order valence-electron chi connectivity index (χ0n) is 13.7. The molecule has 1 aromatic carbocycles. The molecule has 2 aliphatic heterocycles. The summed E-state index contributed by atoms with van der Waals surface area (Å²) in [6, 6.07) is 6.70. The Balaban J connectivity index is 1.38. The molecule has 0 spiro atoms. The maximum absolute atomic E-state index is 12.2. The molecular formula is C17H19N3O5. The van der Waals surface area contributed by atoms with Crippen LogP contribution in [0.5, 0.6) is 0 Å². The predicted octanol–water partition coefficient (Wildman–Crippen LogP) is 0.631. The number of benzene rings is 1. The first-order chi connectivity index (χ1) is 12.1. The maximum atomic E-state index is 12.2. The molecule has 0 atom stereocenters. The van der Waals surface area contributed by atoms with Crippen LogP contribution < -0.4 is 5.32 Å². The second-order valence-electron chi connectivity index (χ2n) is 5.86. The molecule has 132 valence electrons. The molecule has 0 aromatic heterocycles. The highest BCUT2D eigenvalue weighted by atomic mass is 16.6. The standard InChI is InChI=1S/C17H19N3O5/c21-14(18-7-9-19-10-11-25-17(19)24)6-3-8-20-15(22)12-4-1-2-5-13(12)16(20)23/h1-2,4-5H,3,6-11H2,(H,18,21). The second-order valence-corrected chi connectivity index (χ2v) is 5.86. The molecule has 8 heteroatoms. The molecule has 1 N–H and O–H groups in total. The van der Waals surface area contributed by atoms with E-state index in [0.717, 1.165) is 0 Å². The zero-order chi connectivity index (χ0) is 17.8. The number of amides is 4. The summed E-state index contributed by atoms with van der Waals surface area (Å²) in [5.41, 5.74) is 0.823. The van der Waals surface area contributed by atoms with Gasteiger partial charge in [-0.25, -0.2) is 4.79 Å². The van der Waals surface area contributed by atoms with Crippen LogP contribution >= 0.6 is 0 Å². The molecule has 2 heterocycles. The number of nitrogens with zero attached hydrogens (tertiary/aromatic N) is 2. The van der Waals surface area contributed by atoms with Gasteiger partial charge in [-0.2, -0.15) is 0 Å². The van der Waals surface area contributed by atoms with E-state index >= 15 is 0 Å². The molecule has 0 bridgehead atoms. The third-order valence-corrected chi connectivity index (χ3v) is 4.21. The van der Waals surface area contributed by atoms with Crippen molar-refractivity contribution in [2.24, 2.45) is 0 Å². The lowest BCUT2D eigenvalue weighted by Crippen LogP contribution is -2.36. The summed E-state index contributed by atoms with van der Waals surface area (Å²) in [7, 11) is 0. The first-order valence-corrected chi connectivity index (χ1v) is 8.21. The van der Waals surface area contributed by atoms with Gasteiger partial charge in [-0.3, -0.25) is 19.3 Å². The molecule has 0 radical (unpaired) electrons. The maximum Gasteiger partial charge on any atom is 0.409 e. The van der Waals surface area contributed by atoms with Crippen molar-refractivity contribution in [3.8, 4) is 0 Å². The van der Waals surface area contributed by atoms with Crippen LogP contribution in [0.2, 0.25) is 0 Å². The number of ether oxygens (including phenoxy) is 1. The number of carbonyl (C=O) groups is 4. The molecule has 0 unspecified atom stereocenters. The Morgan fingerprint density at radius 1 is 1.08 bits per heavy atom. The Morgan fingerprint density at radius 2 is 1.76 bits per heavy atom. The highest BCUT2D eigenvalue weighted by Gasteiger charge is 2.34. The summed E-state index contributed by atoms with van der Waals surface area (Å²) < 4.78 is 4.80. The van der Waals surface area contributed by atoms with Gasteiger partial charge in [0.15, 0.2) is 0 Å². The SMILES string of the molecule is O=C(CCCN1C(=O)c2ccccc2C1=O)NCCN1CCOC1=O. The van der Waals surface area contributed by atoms with Crippen LogP contribution in [-0.4, -0.2) is 66.4 Å². The molecule has 0 saturated carbocycles. The minimum absolute atomic E-state index is 0.177. The van der Waals surface area contributed by atoms with E-state index in [4.69, 9.17) is 4.74 Å². The van der Waals surface area contributed by atoms with Gasteiger partial charge in [0.05, 0.1) is 17.7 Å². The molecule has 4 amide bonds. The van der Waals surface area contributed by atoms with E-state index in [1.54, 1.807) is 24.3 Å². The lowest BCUT2D eigenvalue weighted by molar-refractivity contribution is -0.121. The number of hydrogen-bond donors (Lipinski definition) is 1. The Morgan fingerprint density at radius 3 is 2.36 bits per heavy atom. The van der Waals surface area contributed by atoms with Crippen molar-refractivity contribution in [2.45, 2.75) is 12.8 Å². The Labute approximate surface area is 144 Å². The summed E-state index contributed by atoms with van der Waals surface area (Å²) in [5.74, 6) is -0.800. The first-order valence-electron chi connectivity index (χ1n) is 8.21. The summed E-state index contributed by atoms with van der Waals surface area (Å²) in [6.07, 6.45) is 0.237. The van der Waals surface area contributed by atoms with Crippen LogP contribution in [-0.2, 0) is 9.53 Å². The van der Waals surface area contributed by atoms with Gasteiger partial charge in [0, 0.05) is 26.1 Å². The van der Waals surface area contributed by atoms with Crippen LogP contribution in [0.3, 0.4) is 0 Å². The van der Waals surface area contributed by atoms with Crippen molar-refractivity contribution in [2.75, 3.05) is 32.8 Å². The fraction of sp³-hybridized carbons (Fsp3) is 0.412. The smallest absolute Gasteiger partial charge is 0.409 e. The number of rotatable bonds is 7. The number of carbonyl (C=O) groups excluding carboxylic acids is 4. The normalized spacial score (nSPS) is 16.2. The van der Waals surface area contributed by atoms with Crippen molar-refractivity contribution in [3.05, 3.63) is 35.4 Å². The minimum Gasteiger partial charge on any atom is -0.448 e. The van der Waals surface area contributed by atoms with Crippen molar-refractivity contribution in [1.82, 2.24) is 15.1 Å². The van der Waals surface area contributed by atoms with Crippen LogP contribution in [0, 0.1) is 0 Å². The summed E-state index contributed by atoms with van der Waals surface area (Å²) in [6.45, 7) is 1.88. The van der Waals surface area contributed by atoms with Crippen LogP contribution in [0.4, 0.5) is 4.79 Å². The van der Waals surface area contributed by atoms with Crippen LogP contribution in [0.15, 0.2) is 24.3 Å². The number of hydrogen-bond acceptors (Lipinski definition) is 5. The highest BCUT2D eigenvalue weighted by molar-refractivity contribution is 6.21. The van der Waals surface area contributed by atoms with Gasteiger partial charge < -0.3 is 15.0 Å². The minimum atomic E-state index is -0.361. The fourth-order valence-electron chi connectivity index (χ4n) is 2.89. The molecule has 1 saturated heterocycles. The monoisotopic (exact) mass is 345 g/mol. The molecule has 3 rings (SSSR count). The van der Waals surface area contributed by atoms with Crippen molar-refractivity contribution in [3.63, 3.8) is 0 Å². The Bertz CT molecular complexity index is 683. The molecule has 0 aliphatic carbocycles. The van der Waals surface area contributed by atoms with E-state index in [0.29, 0.717) is 43.8 Å². The quantitative estimate of drug-likeness (QED) is 0.731. The molecule has 2 aliphatic rings. The number of cyclic esters (lactones) is 1.